The Kier molecular flexibility index (Phi) is 5.70. The van der Waals surface area contributed by atoms with Crippen LogP contribution in [0, 0.1) is 0 Å². The second-order valence-corrected chi connectivity index (χ2v) is 8.21. The number of ether oxygens (including phenoxy) is 2. The van der Waals surface area contributed by atoms with Crippen molar-refractivity contribution in [3.8, 4) is 34.5 Å². The molecule has 5 rings (SSSR count). The molecule has 0 unspecified atom stereocenters. The summed E-state index contributed by atoms with van der Waals surface area (Å²) in [7, 11) is 4.94. The quantitative estimate of drug-likeness (QED) is 0.426. The molecule has 0 bridgehead atoms. The van der Waals surface area contributed by atoms with Crippen molar-refractivity contribution < 1.29 is 18.7 Å². The average Bonchev–Trinajstić information content (AvgIpc) is 3.47. The van der Waals surface area contributed by atoms with Gasteiger partial charge in [-0.2, -0.15) is 5.10 Å². The third-order valence-electron chi connectivity index (χ3n) is 5.89. The second-order valence-electron chi connectivity index (χ2n) is 7.81. The third-order valence-corrected chi connectivity index (χ3v) is 6.22. The smallest absolute Gasteiger partial charge is 0.268 e. The predicted molar refractivity (Wildman–Crippen MR) is 125 cm³/mol. The molecule has 1 aliphatic rings. The minimum absolute atomic E-state index is 0.154. The Hall–Kier alpha value is -3.85. The van der Waals surface area contributed by atoms with Crippen molar-refractivity contribution in [1.29, 1.82) is 0 Å². The van der Waals surface area contributed by atoms with Crippen LogP contribution in [0.2, 0.25) is 5.02 Å². The van der Waals surface area contributed by atoms with Crippen LogP contribution in [-0.2, 0) is 20.0 Å². The van der Waals surface area contributed by atoms with Gasteiger partial charge in [-0.3, -0.25) is 9.48 Å². The van der Waals surface area contributed by atoms with E-state index in [9.17, 15) is 4.79 Å². The molecule has 0 radical (unpaired) electrons. The van der Waals surface area contributed by atoms with Crippen molar-refractivity contribution in [2.24, 2.45) is 7.05 Å². The standard InChI is InChI=1S/C24H22ClN5O4/c1-29-18-11-12-30(24(31)15-8-6-10-19(32-2)21(15)33-3)13-16(18)20(28-29)23-27-26-22(34-23)14-7-4-5-9-17(14)25/h4-10H,11-13H2,1-3H3. The van der Waals surface area contributed by atoms with Gasteiger partial charge in [0.05, 0.1) is 36.9 Å². The van der Waals surface area contributed by atoms with Crippen LogP contribution in [0.15, 0.2) is 46.9 Å². The third kappa shape index (κ3) is 3.67. The molecule has 34 heavy (non-hydrogen) atoms. The lowest BCUT2D eigenvalue weighted by molar-refractivity contribution is 0.0729. The van der Waals surface area contributed by atoms with Gasteiger partial charge < -0.3 is 18.8 Å². The number of para-hydroxylation sites is 1. The normalized spacial score (nSPS) is 13.0. The summed E-state index contributed by atoms with van der Waals surface area (Å²) in [5.41, 5.74) is 3.54. The number of rotatable bonds is 5. The summed E-state index contributed by atoms with van der Waals surface area (Å²) in [5, 5.41) is 13.5. The number of hydrogen-bond donors (Lipinski definition) is 0. The largest absolute Gasteiger partial charge is 0.493 e. The van der Waals surface area contributed by atoms with E-state index in [1.165, 1.54) is 7.11 Å². The van der Waals surface area contributed by atoms with E-state index in [2.05, 4.69) is 15.3 Å². The Morgan fingerprint density at radius 3 is 2.62 bits per heavy atom. The highest BCUT2D eigenvalue weighted by Crippen LogP contribution is 2.35. The number of fused-ring (bicyclic) bond motifs is 1. The van der Waals surface area contributed by atoms with Crippen LogP contribution in [0.1, 0.15) is 21.6 Å². The molecule has 0 spiro atoms. The fourth-order valence-corrected chi connectivity index (χ4v) is 4.44. The molecular formula is C24H22ClN5O4. The first-order valence-corrected chi connectivity index (χ1v) is 11.0. The van der Waals surface area contributed by atoms with Crippen molar-refractivity contribution in [3.63, 3.8) is 0 Å². The zero-order chi connectivity index (χ0) is 23.8. The summed E-state index contributed by atoms with van der Waals surface area (Å²) in [6, 6.07) is 12.5. The molecule has 0 saturated carbocycles. The number of carbonyl (C=O) groups is 1. The molecule has 0 fully saturated rings. The molecule has 9 nitrogen and oxygen atoms in total. The summed E-state index contributed by atoms with van der Waals surface area (Å²) < 4.78 is 18.6. The number of aromatic nitrogens is 4. The Balaban J connectivity index is 1.48. The van der Waals surface area contributed by atoms with Crippen LogP contribution in [-0.4, -0.2) is 51.5 Å². The fraction of sp³-hybridized carbons (Fsp3) is 0.250. The number of halogens is 1. The second kappa shape index (κ2) is 8.83. The van der Waals surface area contributed by atoms with Gasteiger partial charge in [0, 0.05) is 31.3 Å². The summed E-state index contributed by atoms with van der Waals surface area (Å²) in [6.45, 7) is 0.890. The molecule has 2 aromatic carbocycles. The molecule has 3 heterocycles. The van der Waals surface area contributed by atoms with Crippen molar-refractivity contribution in [2.75, 3.05) is 20.8 Å². The van der Waals surface area contributed by atoms with Gasteiger partial charge in [-0.05, 0) is 24.3 Å². The first-order chi connectivity index (χ1) is 16.5. The minimum atomic E-state index is -0.154. The van der Waals surface area contributed by atoms with Gasteiger partial charge in [-0.1, -0.05) is 29.8 Å². The number of amides is 1. The summed E-state index contributed by atoms with van der Waals surface area (Å²) >= 11 is 6.28. The predicted octanol–water partition coefficient (Wildman–Crippen LogP) is 4.01. The zero-order valence-corrected chi connectivity index (χ0v) is 19.7. The van der Waals surface area contributed by atoms with E-state index < -0.39 is 0 Å². The Morgan fingerprint density at radius 1 is 1.06 bits per heavy atom. The van der Waals surface area contributed by atoms with Crippen LogP contribution in [0.3, 0.4) is 0 Å². The van der Waals surface area contributed by atoms with Gasteiger partial charge in [-0.25, -0.2) is 0 Å². The van der Waals surface area contributed by atoms with Gasteiger partial charge in [0.15, 0.2) is 17.2 Å². The van der Waals surface area contributed by atoms with Crippen molar-refractivity contribution in [1.82, 2.24) is 24.9 Å². The summed E-state index contributed by atoms with van der Waals surface area (Å²) in [4.78, 5) is 15.2. The monoisotopic (exact) mass is 479 g/mol. The summed E-state index contributed by atoms with van der Waals surface area (Å²) in [5.74, 6) is 1.35. The molecule has 0 aliphatic carbocycles. The van der Waals surface area contributed by atoms with Gasteiger partial charge in [0.25, 0.3) is 11.8 Å². The van der Waals surface area contributed by atoms with Crippen molar-refractivity contribution >= 4 is 17.5 Å². The average molecular weight is 480 g/mol. The fourth-order valence-electron chi connectivity index (χ4n) is 4.23. The van der Waals surface area contributed by atoms with E-state index >= 15 is 0 Å². The Bertz CT molecular complexity index is 1380. The number of nitrogens with zero attached hydrogens (tertiary/aromatic N) is 5. The highest BCUT2D eigenvalue weighted by atomic mass is 35.5. The SMILES string of the molecule is COc1cccc(C(=O)N2CCc3c(c(-c4nnc(-c5ccccc5Cl)o4)nn3C)C2)c1OC. The van der Waals surface area contributed by atoms with E-state index in [1.807, 2.05) is 25.2 Å². The maximum Gasteiger partial charge on any atom is 0.268 e. The van der Waals surface area contributed by atoms with E-state index in [4.69, 9.17) is 25.5 Å². The molecule has 174 valence electrons. The molecule has 0 atom stereocenters. The first-order valence-electron chi connectivity index (χ1n) is 10.7. The number of benzene rings is 2. The van der Waals surface area contributed by atoms with Crippen LogP contribution >= 0.6 is 11.6 Å². The molecule has 10 heteroatoms. The molecule has 2 aromatic heterocycles. The van der Waals surface area contributed by atoms with Crippen LogP contribution < -0.4 is 9.47 Å². The van der Waals surface area contributed by atoms with Crippen molar-refractivity contribution in [3.05, 3.63) is 64.3 Å². The number of hydrogen-bond acceptors (Lipinski definition) is 7. The van der Waals surface area contributed by atoms with Crippen LogP contribution in [0.5, 0.6) is 11.5 Å². The maximum absolute atomic E-state index is 13.4. The first kappa shape index (κ1) is 22.0. The topological polar surface area (TPSA) is 95.5 Å². The van der Waals surface area contributed by atoms with Gasteiger partial charge in [0.1, 0.15) is 0 Å². The Morgan fingerprint density at radius 2 is 1.85 bits per heavy atom. The van der Waals surface area contributed by atoms with E-state index in [0.29, 0.717) is 58.7 Å². The molecule has 1 amide bonds. The lowest BCUT2D eigenvalue weighted by Gasteiger charge is -2.28. The van der Waals surface area contributed by atoms with Gasteiger partial charge in [0.2, 0.25) is 5.89 Å². The zero-order valence-electron chi connectivity index (χ0n) is 18.9. The van der Waals surface area contributed by atoms with E-state index in [0.717, 1.165) is 11.3 Å². The molecule has 0 saturated heterocycles. The summed E-state index contributed by atoms with van der Waals surface area (Å²) in [6.07, 6.45) is 0.641. The maximum atomic E-state index is 13.4. The number of aryl methyl sites for hydroxylation is 1. The lowest BCUT2D eigenvalue weighted by Crippen LogP contribution is -2.36. The van der Waals surface area contributed by atoms with Crippen molar-refractivity contribution in [2.45, 2.75) is 13.0 Å². The van der Waals surface area contributed by atoms with Gasteiger partial charge >= 0.3 is 0 Å². The number of carbonyl (C=O) groups excluding carboxylic acids is 1. The molecule has 4 aromatic rings. The minimum Gasteiger partial charge on any atom is -0.493 e. The Labute approximate surface area is 200 Å². The van der Waals surface area contributed by atoms with Gasteiger partial charge in [-0.15, -0.1) is 10.2 Å². The highest BCUT2D eigenvalue weighted by molar-refractivity contribution is 6.33. The number of methoxy groups -OCH3 is 2. The molecule has 0 N–H and O–H groups in total. The highest BCUT2D eigenvalue weighted by Gasteiger charge is 2.31. The van der Waals surface area contributed by atoms with E-state index in [-0.39, 0.29) is 11.8 Å². The molecule has 1 aliphatic heterocycles. The van der Waals surface area contributed by atoms with Crippen LogP contribution in [0.4, 0.5) is 0 Å². The lowest BCUT2D eigenvalue weighted by atomic mass is 10.0. The van der Waals surface area contributed by atoms with E-state index in [1.54, 1.807) is 41.0 Å². The van der Waals surface area contributed by atoms with Crippen LogP contribution in [0.25, 0.3) is 23.0 Å². The molecular weight excluding hydrogens is 458 g/mol.